The fraction of sp³-hybridized carbons (Fsp3) is 0.625. The van der Waals surface area contributed by atoms with Crippen LogP contribution in [-0.2, 0) is 9.53 Å². The van der Waals surface area contributed by atoms with E-state index in [1.165, 1.54) is 13.0 Å². The summed E-state index contributed by atoms with van der Waals surface area (Å²) in [5.74, 6) is -1.14. The van der Waals surface area contributed by atoms with Gasteiger partial charge in [-0.1, -0.05) is 6.08 Å². The third kappa shape index (κ3) is 4.56. The van der Waals surface area contributed by atoms with E-state index >= 15 is 0 Å². The summed E-state index contributed by atoms with van der Waals surface area (Å²) in [7, 11) is 0. The first-order valence-electron chi connectivity index (χ1n) is 3.59. The Labute approximate surface area is 66.7 Å². The molecule has 0 fully saturated rings. The molecule has 3 nitrogen and oxygen atoms in total. The molecule has 0 N–H and O–H groups in total. The minimum absolute atomic E-state index is 0.155. The molecule has 0 bridgehead atoms. The second-order valence-electron chi connectivity index (χ2n) is 2.30. The lowest BCUT2D eigenvalue weighted by atomic mass is 10.2. The van der Waals surface area contributed by atoms with Gasteiger partial charge in [0.25, 0.3) is 0 Å². The van der Waals surface area contributed by atoms with Crippen molar-refractivity contribution in [2.45, 2.75) is 26.9 Å². The monoisotopic (exact) mass is 157 g/mol. The summed E-state index contributed by atoms with van der Waals surface area (Å²) in [5, 5.41) is 10.2. The zero-order valence-electron chi connectivity index (χ0n) is 7.09. The first-order chi connectivity index (χ1) is 5.07. The van der Waals surface area contributed by atoms with Gasteiger partial charge < -0.3 is 14.6 Å². The molecule has 0 radical (unpaired) electrons. The van der Waals surface area contributed by atoms with Crippen LogP contribution in [0.4, 0.5) is 0 Å². The Morgan fingerprint density at radius 2 is 2.27 bits per heavy atom. The van der Waals surface area contributed by atoms with Gasteiger partial charge in [0.15, 0.2) is 0 Å². The summed E-state index contributed by atoms with van der Waals surface area (Å²) in [6.07, 6.45) is 1.37. The lowest BCUT2D eigenvalue weighted by Crippen LogP contribution is -2.24. The number of carboxylic acids is 1. The zero-order valence-corrected chi connectivity index (χ0v) is 7.09. The standard InChI is InChI=1S/C8H14O3/c1-4-11-7(3)5-6(2)8(9)10/h5,7H,4H2,1-3H3,(H,9,10)/p-1/b6-5+. The molecule has 0 spiro atoms. The van der Waals surface area contributed by atoms with E-state index in [4.69, 9.17) is 4.74 Å². The average molecular weight is 157 g/mol. The second kappa shape index (κ2) is 4.91. The van der Waals surface area contributed by atoms with Crippen LogP contribution in [0, 0.1) is 0 Å². The van der Waals surface area contributed by atoms with Crippen LogP contribution < -0.4 is 5.11 Å². The molecule has 64 valence electrons. The molecule has 0 heterocycles. The van der Waals surface area contributed by atoms with Crippen molar-refractivity contribution in [1.82, 2.24) is 0 Å². The molecular weight excluding hydrogens is 144 g/mol. The molecule has 1 unspecified atom stereocenters. The molecule has 0 saturated heterocycles. The van der Waals surface area contributed by atoms with Gasteiger partial charge in [0, 0.05) is 6.61 Å². The van der Waals surface area contributed by atoms with Gasteiger partial charge in [0.2, 0.25) is 0 Å². The molecule has 0 aliphatic rings. The van der Waals surface area contributed by atoms with Gasteiger partial charge in [0.05, 0.1) is 12.1 Å². The number of carbonyl (C=O) groups is 1. The molecule has 0 aromatic rings. The smallest absolute Gasteiger partial charge is 0.0733 e. The number of carbonyl (C=O) groups excluding carboxylic acids is 1. The number of rotatable bonds is 4. The summed E-state index contributed by atoms with van der Waals surface area (Å²) in [6, 6.07) is 0. The first kappa shape index (κ1) is 10.2. The van der Waals surface area contributed by atoms with Gasteiger partial charge >= 0.3 is 0 Å². The van der Waals surface area contributed by atoms with Crippen LogP contribution in [0.2, 0.25) is 0 Å². The van der Waals surface area contributed by atoms with Gasteiger partial charge in [0.1, 0.15) is 0 Å². The molecule has 11 heavy (non-hydrogen) atoms. The Balaban J connectivity index is 3.96. The fourth-order valence-electron chi connectivity index (χ4n) is 0.731. The quantitative estimate of drug-likeness (QED) is 0.544. The number of aliphatic carboxylic acids is 1. The van der Waals surface area contributed by atoms with Crippen LogP contribution in [0.1, 0.15) is 20.8 Å². The van der Waals surface area contributed by atoms with Gasteiger partial charge in [-0.15, -0.1) is 0 Å². The minimum Gasteiger partial charge on any atom is -0.545 e. The Hall–Kier alpha value is -0.830. The molecule has 0 saturated carbocycles. The Morgan fingerprint density at radius 1 is 1.73 bits per heavy atom. The molecule has 0 aromatic carbocycles. The van der Waals surface area contributed by atoms with Crippen LogP contribution in [0.15, 0.2) is 11.6 Å². The largest absolute Gasteiger partial charge is 0.545 e. The summed E-state index contributed by atoms with van der Waals surface area (Å²) >= 11 is 0. The minimum atomic E-state index is -1.14. The Bertz CT molecular complexity index is 161. The number of hydrogen-bond acceptors (Lipinski definition) is 3. The van der Waals surface area contributed by atoms with Gasteiger partial charge in [-0.05, 0) is 26.3 Å². The fourth-order valence-corrected chi connectivity index (χ4v) is 0.731. The molecule has 0 aromatic heterocycles. The van der Waals surface area contributed by atoms with Crippen LogP contribution in [0.5, 0.6) is 0 Å². The molecule has 0 rings (SSSR count). The van der Waals surface area contributed by atoms with Gasteiger partial charge in [-0.3, -0.25) is 0 Å². The predicted octanol–water partition coefficient (Wildman–Crippen LogP) is 0.108. The van der Waals surface area contributed by atoms with Crippen molar-refractivity contribution in [2.75, 3.05) is 6.61 Å². The number of ether oxygens (including phenoxy) is 1. The SMILES string of the molecule is CCOC(C)/C=C(\C)C(=O)[O-]. The highest BCUT2D eigenvalue weighted by Gasteiger charge is 1.96. The highest BCUT2D eigenvalue weighted by Crippen LogP contribution is 1.98. The van der Waals surface area contributed by atoms with Crippen molar-refractivity contribution < 1.29 is 14.6 Å². The summed E-state index contributed by atoms with van der Waals surface area (Å²) in [6.45, 7) is 5.72. The maximum absolute atomic E-state index is 10.2. The molecule has 0 aliphatic carbocycles. The summed E-state index contributed by atoms with van der Waals surface area (Å²) in [5.41, 5.74) is 0.214. The predicted molar refractivity (Wildman–Crippen MR) is 39.9 cm³/mol. The lowest BCUT2D eigenvalue weighted by Gasteiger charge is -2.08. The third-order valence-electron chi connectivity index (χ3n) is 1.24. The molecule has 3 heteroatoms. The van der Waals surface area contributed by atoms with E-state index in [0.717, 1.165) is 0 Å². The van der Waals surface area contributed by atoms with Gasteiger partial charge in [-0.2, -0.15) is 0 Å². The topological polar surface area (TPSA) is 49.4 Å². The van der Waals surface area contributed by atoms with Crippen molar-refractivity contribution in [2.24, 2.45) is 0 Å². The average Bonchev–Trinajstić information content (AvgIpc) is 1.87. The van der Waals surface area contributed by atoms with E-state index in [9.17, 15) is 9.90 Å². The van der Waals surface area contributed by atoms with Crippen LogP contribution >= 0.6 is 0 Å². The third-order valence-corrected chi connectivity index (χ3v) is 1.24. The van der Waals surface area contributed by atoms with Crippen molar-refractivity contribution in [1.29, 1.82) is 0 Å². The maximum atomic E-state index is 10.2. The van der Waals surface area contributed by atoms with E-state index in [-0.39, 0.29) is 11.7 Å². The van der Waals surface area contributed by atoms with Crippen LogP contribution in [0.3, 0.4) is 0 Å². The van der Waals surface area contributed by atoms with E-state index < -0.39 is 5.97 Å². The van der Waals surface area contributed by atoms with E-state index in [0.29, 0.717) is 6.61 Å². The van der Waals surface area contributed by atoms with Crippen molar-refractivity contribution >= 4 is 5.97 Å². The molecule has 0 amide bonds. The number of hydrogen-bond donors (Lipinski definition) is 0. The first-order valence-corrected chi connectivity index (χ1v) is 3.59. The molecule has 0 aliphatic heterocycles. The van der Waals surface area contributed by atoms with Crippen molar-refractivity contribution in [3.05, 3.63) is 11.6 Å². The van der Waals surface area contributed by atoms with Crippen molar-refractivity contribution in [3.63, 3.8) is 0 Å². The van der Waals surface area contributed by atoms with Gasteiger partial charge in [-0.25, -0.2) is 0 Å². The van der Waals surface area contributed by atoms with E-state index in [1.807, 2.05) is 6.92 Å². The van der Waals surface area contributed by atoms with E-state index in [1.54, 1.807) is 6.92 Å². The van der Waals surface area contributed by atoms with Crippen LogP contribution in [0.25, 0.3) is 0 Å². The highest BCUT2D eigenvalue weighted by molar-refractivity contribution is 5.83. The maximum Gasteiger partial charge on any atom is 0.0733 e. The van der Waals surface area contributed by atoms with Crippen molar-refractivity contribution in [3.8, 4) is 0 Å². The lowest BCUT2D eigenvalue weighted by molar-refractivity contribution is -0.299. The van der Waals surface area contributed by atoms with E-state index in [2.05, 4.69) is 0 Å². The normalized spacial score (nSPS) is 14.6. The zero-order chi connectivity index (χ0) is 8.85. The second-order valence-corrected chi connectivity index (χ2v) is 2.30. The Kier molecular flexibility index (Phi) is 4.54. The Morgan fingerprint density at radius 3 is 2.64 bits per heavy atom. The highest BCUT2D eigenvalue weighted by atomic mass is 16.5. The summed E-state index contributed by atoms with van der Waals surface area (Å²) in [4.78, 5) is 10.2. The number of carboxylic acid groups (broad SMARTS) is 1. The van der Waals surface area contributed by atoms with Crippen LogP contribution in [-0.4, -0.2) is 18.7 Å². The summed E-state index contributed by atoms with van der Waals surface area (Å²) < 4.78 is 5.10. The molecule has 1 atom stereocenters. The molecular formula is C8H13O3-.